The summed E-state index contributed by atoms with van der Waals surface area (Å²) in [4.78, 5) is 0. The lowest BCUT2D eigenvalue weighted by Crippen LogP contribution is -2.14. The summed E-state index contributed by atoms with van der Waals surface area (Å²) in [6.45, 7) is 5.20. The highest BCUT2D eigenvalue weighted by Crippen LogP contribution is 2.34. The van der Waals surface area contributed by atoms with Gasteiger partial charge in [0.2, 0.25) is 0 Å². The highest BCUT2D eigenvalue weighted by Gasteiger charge is 2.19. The van der Waals surface area contributed by atoms with Gasteiger partial charge in [0.25, 0.3) is 0 Å². The van der Waals surface area contributed by atoms with Gasteiger partial charge >= 0.3 is 0 Å². The maximum absolute atomic E-state index is 15.1. The molecule has 0 bridgehead atoms. The quantitative estimate of drug-likeness (QED) is 0.204. The molecule has 3 aromatic carbocycles. The van der Waals surface area contributed by atoms with E-state index < -0.39 is 11.6 Å². The number of benzene rings is 3. The molecule has 38 heavy (non-hydrogen) atoms. The maximum atomic E-state index is 15.1. The first-order chi connectivity index (χ1) is 18.6. The van der Waals surface area contributed by atoms with Crippen molar-refractivity contribution < 1.29 is 13.5 Å². The summed E-state index contributed by atoms with van der Waals surface area (Å²) < 4.78 is 36.1. The third-order valence-corrected chi connectivity index (χ3v) is 8.40. The van der Waals surface area contributed by atoms with Crippen molar-refractivity contribution in [2.75, 3.05) is 6.61 Å². The van der Waals surface area contributed by atoms with E-state index in [0.29, 0.717) is 23.3 Å². The first kappa shape index (κ1) is 28.3. The molecule has 0 aromatic heterocycles. The van der Waals surface area contributed by atoms with Crippen LogP contribution in [0, 0.1) is 23.5 Å². The summed E-state index contributed by atoms with van der Waals surface area (Å²) in [5, 5.41) is 0. The first-order valence-corrected chi connectivity index (χ1v) is 14.9. The van der Waals surface area contributed by atoms with E-state index in [1.165, 1.54) is 63.4 Å². The fraction of sp³-hybridized carbons (Fsp3) is 0.486. The molecule has 0 radical (unpaired) electrons. The van der Waals surface area contributed by atoms with Crippen LogP contribution in [0.3, 0.4) is 0 Å². The SMILES string of the molecule is CCCCCc1ccc(-c2ccc(-c3ccc(OCCCCC4CCC(CC)CC4)cc3)c(F)c2F)cc1. The van der Waals surface area contributed by atoms with Crippen molar-refractivity contribution in [3.8, 4) is 28.0 Å². The zero-order valence-electron chi connectivity index (χ0n) is 23.3. The second kappa shape index (κ2) is 14.5. The molecule has 3 heteroatoms. The monoisotopic (exact) mass is 518 g/mol. The molecule has 0 aliphatic heterocycles. The Balaban J connectivity index is 1.28. The number of halogens is 2. The first-order valence-electron chi connectivity index (χ1n) is 14.9. The van der Waals surface area contributed by atoms with Crippen molar-refractivity contribution >= 4 is 0 Å². The van der Waals surface area contributed by atoms with Crippen LogP contribution in [0.5, 0.6) is 5.75 Å². The molecule has 0 spiro atoms. The van der Waals surface area contributed by atoms with E-state index in [9.17, 15) is 0 Å². The molecule has 1 saturated carbocycles. The maximum Gasteiger partial charge on any atom is 0.167 e. The van der Waals surface area contributed by atoms with Crippen LogP contribution in [0.4, 0.5) is 8.78 Å². The normalized spacial score (nSPS) is 17.5. The van der Waals surface area contributed by atoms with Crippen LogP contribution in [0.15, 0.2) is 60.7 Å². The van der Waals surface area contributed by atoms with Crippen molar-refractivity contribution in [3.05, 3.63) is 77.9 Å². The molecule has 0 amide bonds. The van der Waals surface area contributed by atoms with E-state index in [1.54, 1.807) is 12.1 Å². The van der Waals surface area contributed by atoms with E-state index in [2.05, 4.69) is 13.8 Å². The molecule has 3 aromatic rings. The second-order valence-electron chi connectivity index (χ2n) is 11.1. The topological polar surface area (TPSA) is 9.23 Å². The molecular formula is C35H44F2O. The van der Waals surface area contributed by atoms with Gasteiger partial charge in [-0.2, -0.15) is 0 Å². The molecule has 204 valence electrons. The lowest BCUT2D eigenvalue weighted by Gasteiger charge is -2.27. The zero-order chi connectivity index (χ0) is 26.7. The lowest BCUT2D eigenvalue weighted by molar-refractivity contribution is 0.244. The number of unbranched alkanes of at least 4 members (excludes halogenated alkanes) is 3. The van der Waals surface area contributed by atoms with E-state index in [1.807, 2.05) is 48.5 Å². The van der Waals surface area contributed by atoms with Crippen LogP contribution < -0.4 is 4.74 Å². The van der Waals surface area contributed by atoms with Gasteiger partial charge in [0.15, 0.2) is 11.6 Å². The van der Waals surface area contributed by atoms with E-state index in [4.69, 9.17) is 4.74 Å². The summed E-state index contributed by atoms with van der Waals surface area (Å²) in [5.41, 5.74) is 3.15. The number of aryl methyl sites for hydroxylation is 1. The third-order valence-electron chi connectivity index (χ3n) is 8.40. The summed E-state index contributed by atoms with van der Waals surface area (Å²) in [6, 6.07) is 18.5. The number of ether oxygens (including phenoxy) is 1. The van der Waals surface area contributed by atoms with Crippen LogP contribution in [0.25, 0.3) is 22.3 Å². The second-order valence-corrected chi connectivity index (χ2v) is 11.1. The third kappa shape index (κ3) is 7.68. The molecule has 0 saturated heterocycles. The molecular weight excluding hydrogens is 474 g/mol. The molecule has 4 rings (SSSR count). The Labute approximate surface area is 228 Å². The zero-order valence-corrected chi connectivity index (χ0v) is 23.3. The largest absolute Gasteiger partial charge is 0.494 e. The Morgan fingerprint density at radius 1 is 0.658 bits per heavy atom. The molecule has 0 N–H and O–H groups in total. The Kier molecular flexibility index (Phi) is 10.8. The summed E-state index contributed by atoms with van der Waals surface area (Å²) in [5.74, 6) is 1.01. The Morgan fingerprint density at radius 2 is 1.24 bits per heavy atom. The van der Waals surface area contributed by atoms with E-state index >= 15 is 8.78 Å². The fourth-order valence-corrected chi connectivity index (χ4v) is 5.81. The molecule has 1 aliphatic carbocycles. The van der Waals surface area contributed by atoms with Gasteiger partial charge in [-0.25, -0.2) is 8.78 Å². The number of hydrogen-bond acceptors (Lipinski definition) is 1. The van der Waals surface area contributed by atoms with Gasteiger partial charge in [0, 0.05) is 11.1 Å². The Hall–Kier alpha value is -2.68. The molecule has 0 unspecified atom stereocenters. The fourth-order valence-electron chi connectivity index (χ4n) is 5.81. The average Bonchev–Trinajstić information content (AvgIpc) is 2.96. The van der Waals surface area contributed by atoms with Gasteiger partial charge in [-0.15, -0.1) is 0 Å². The molecule has 1 aliphatic rings. The van der Waals surface area contributed by atoms with Gasteiger partial charge in [-0.05, 0) is 66.3 Å². The molecule has 1 nitrogen and oxygen atoms in total. The summed E-state index contributed by atoms with van der Waals surface area (Å²) in [7, 11) is 0. The standard InChI is InChI=1S/C35H44F2O/c1-3-5-6-9-28-15-17-29(18-16-28)32-23-24-33(35(37)34(32)36)30-19-21-31(22-20-30)38-25-8-7-10-27-13-11-26(4-2)12-14-27/h15-24,26-27H,3-14,25H2,1-2H3. The van der Waals surface area contributed by atoms with Gasteiger partial charge in [-0.1, -0.05) is 114 Å². The van der Waals surface area contributed by atoms with E-state index in [0.717, 1.165) is 36.8 Å². The number of rotatable bonds is 13. The molecule has 0 heterocycles. The molecule has 1 fully saturated rings. The summed E-state index contributed by atoms with van der Waals surface area (Å²) in [6.07, 6.45) is 15.1. The highest BCUT2D eigenvalue weighted by atomic mass is 19.2. The van der Waals surface area contributed by atoms with Crippen LogP contribution in [0.1, 0.15) is 90.0 Å². The van der Waals surface area contributed by atoms with Crippen LogP contribution in [0.2, 0.25) is 0 Å². The van der Waals surface area contributed by atoms with E-state index in [-0.39, 0.29) is 5.56 Å². The van der Waals surface area contributed by atoms with Crippen LogP contribution in [-0.2, 0) is 6.42 Å². The minimum absolute atomic E-state index is 0.270. The van der Waals surface area contributed by atoms with Gasteiger partial charge < -0.3 is 4.74 Å². The predicted molar refractivity (Wildman–Crippen MR) is 156 cm³/mol. The number of hydrogen-bond donors (Lipinski definition) is 0. The van der Waals surface area contributed by atoms with Crippen LogP contribution >= 0.6 is 0 Å². The van der Waals surface area contributed by atoms with Gasteiger partial charge in [-0.3, -0.25) is 0 Å². The van der Waals surface area contributed by atoms with Gasteiger partial charge in [0.1, 0.15) is 5.75 Å². The summed E-state index contributed by atoms with van der Waals surface area (Å²) >= 11 is 0. The minimum Gasteiger partial charge on any atom is -0.494 e. The van der Waals surface area contributed by atoms with Crippen molar-refractivity contribution in [1.29, 1.82) is 0 Å². The van der Waals surface area contributed by atoms with Gasteiger partial charge in [0.05, 0.1) is 6.61 Å². The van der Waals surface area contributed by atoms with Crippen molar-refractivity contribution in [2.24, 2.45) is 11.8 Å². The Morgan fingerprint density at radius 3 is 1.82 bits per heavy atom. The average molecular weight is 519 g/mol. The minimum atomic E-state index is -0.809. The predicted octanol–water partition coefficient (Wildman–Crippen LogP) is 10.8. The smallest absolute Gasteiger partial charge is 0.167 e. The lowest BCUT2D eigenvalue weighted by atomic mass is 9.79. The Bertz CT molecular complexity index is 1110. The highest BCUT2D eigenvalue weighted by molar-refractivity contribution is 5.72. The van der Waals surface area contributed by atoms with Crippen molar-refractivity contribution in [3.63, 3.8) is 0 Å². The van der Waals surface area contributed by atoms with Crippen LogP contribution in [-0.4, -0.2) is 6.61 Å². The van der Waals surface area contributed by atoms with Crippen molar-refractivity contribution in [2.45, 2.75) is 90.9 Å². The van der Waals surface area contributed by atoms with Crippen molar-refractivity contribution in [1.82, 2.24) is 0 Å². The molecule has 0 atom stereocenters.